The zero-order chi connectivity index (χ0) is 20.2. The number of benzene rings is 1. The first-order chi connectivity index (χ1) is 13.4. The van der Waals surface area contributed by atoms with E-state index >= 15 is 0 Å². The average Bonchev–Trinajstić information content (AvgIpc) is 3.44. The Morgan fingerprint density at radius 2 is 2.00 bits per heavy atom. The van der Waals surface area contributed by atoms with Crippen LogP contribution in [0.5, 0.6) is 5.75 Å². The largest absolute Gasteiger partial charge is 0.497 e. The van der Waals surface area contributed by atoms with E-state index < -0.39 is 0 Å². The second-order valence-corrected chi connectivity index (χ2v) is 8.25. The number of hydrogen-bond donors (Lipinski definition) is 0. The molecule has 148 valence electrons. The Kier molecular flexibility index (Phi) is 4.74. The summed E-state index contributed by atoms with van der Waals surface area (Å²) >= 11 is 6.62. The standard InChI is InChI=1S/C22H26ClN3O2/c1-6-12(2)17-10-14(4)26-20(17)22(27)25(15-7-8-15)21(24-26)19-13(3)9-16(28-5)11-18(19)23/h9-12,15H,6-8H2,1-5H3. The number of hydrogen-bond acceptors (Lipinski definition) is 3. The van der Waals surface area contributed by atoms with Gasteiger partial charge in [-0.2, -0.15) is 0 Å². The Labute approximate surface area is 169 Å². The van der Waals surface area contributed by atoms with Crippen molar-refractivity contribution in [1.29, 1.82) is 0 Å². The lowest BCUT2D eigenvalue weighted by molar-refractivity contribution is 0.414. The number of rotatable bonds is 5. The van der Waals surface area contributed by atoms with E-state index in [2.05, 4.69) is 19.9 Å². The second kappa shape index (κ2) is 6.96. The molecule has 2 heterocycles. The molecule has 1 aliphatic rings. The van der Waals surface area contributed by atoms with Crippen LogP contribution in [0.2, 0.25) is 5.02 Å². The summed E-state index contributed by atoms with van der Waals surface area (Å²) < 4.78 is 9.00. The lowest BCUT2D eigenvalue weighted by Gasteiger charge is -2.17. The number of ether oxygens (including phenoxy) is 1. The number of aryl methyl sites for hydroxylation is 2. The van der Waals surface area contributed by atoms with Crippen molar-refractivity contribution in [3.05, 3.63) is 50.4 Å². The number of fused-ring (bicyclic) bond motifs is 1. The number of halogens is 1. The first-order valence-corrected chi connectivity index (χ1v) is 10.2. The van der Waals surface area contributed by atoms with Gasteiger partial charge in [0.2, 0.25) is 0 Å². The van der Waals surface area contributed by atoms with E-state index in [0.717, 1.165) is 41.6 Å². The Morgan fingerprint density at radius 3 is 2.57 bits per heavy atom. The minimum Gasteiger partial charge on any atom is -0.497 e. The Balaban J connectivity index is 2.07. The molecule has 1 atom stereocenters. The van der Waals surface area contributed by atoms with Crippen LogP contribution in [0, 0.1) is 13.8 Å². The maximum Gasteiger partial charge on any atom is 0.278 e. The molecule has 5 nitrogen and oxygen atoms in total. The summed E-state index contributed by atoms with van der Waals surface area (Å²) in [6.45, 7) is 8.28. The van der Waals surface area contributed by atoms with Gasteiger partial charge >= 0.3 is 0 Å². The molecule has 0 amide bonds. The van der Waals surface area contributed by atoms with E-state index in [-0.39, 0.29) is 11.6 Å². The van der Waals surface area contributed by atoms with Gasteiger partial charge in [-0.1, -0.05) is 25.4 Å². The fourth-order valence-corrected chi connectivity index (χ4v) is 4.24. The van der Waals surface area contributed by atoms with E-state index in [1.807, 2.05) is 24.5 Å². The van der Waals surface area contributed by atoms with Crippen molar-refractivity contribution in [1.82, 2.24) is 14.2 Å². The molecule has 28 heavy (non-hydrogen) atoms. The summed E-state index contributed by atoms with van der Waals surface area (Å²) in [6, 6.07) is 6.01. The van der Waals surface area contributed by atoms with Crippen LogP contribution in [0.4, 0.5) is 0 Å². The van der Waals surface area contributed by atoms with Gasteiger partial charge in [-0.05, 0) is 68.4 Å². The fourth-order valence-electron chi connectivity index (χ4n) is 3.90. The molecule has 0 bridgehead atoms. The van der Waals surface area contributed by atoms with Gasteiger partial charge in [0, 0.05) is 17.3 Å². The highest BCUT2D eigenvalue weighted by molar-refractivity contribution is 6.33. The lowest BCUT2D eigenvalue weighted by atomic mass is 10.00. The molecule has 1 fully saturated rings. The molecular formula is C22H26ClN3O2. The fraction of sp³-hybridized carbons (Fsp3) is 0.455. The monoisotopic (exact) mass is 399 g/mol. The van der Waals surface area contributed by atoms with Crippen molar-refractivity contribution < 1.29 is 4.74 Å². The smallest absolute Gasteiger partial charge is 0.278 e. The highest BCUT2D eigenvalue weighted by Gasteiger charge is 2.31. The maximum absolute atomic E-state index is 13.6. The molecule has 0 aliphatic heterocycles. The Bertz CT molecular complexity index is 1100. The molecule has 0 N–H and O–H groups in total. The predicted molar refractivity (Wildman–Crippen MR) is 113 cm³/mol. The number of aromatic nitrogens is 3. The third-order valence-corrected chi connectivity index (χ3v) is 6.10. The van der Waals surface area contributed by atoms with Gasteiger partial charge in [0.25, 0.3) is 5.56 Å². The Morgan fingerprint density at radius 1 is 1.29 bits per heavy atom. The molecule has 0 radical (unpaired) electrons. The van der Waals surface area contributed by atoms with Crippen molar-refractivity contribution in [2.24, 2.45) is 0 Å². The van der Waals surface area contributed by atoms with Crippen LogP contribution in [0.3, 0.4) is 0 Å². The van der Waals surface area contributed by atoms with Gasteiger partial charge < -0.3 is 4.74 Å². The van der Waals surface area contributed by atoms with Crippen LogP contribution < -0.4 is 10.3 Å². The number of nitrogens with zero attached hydrogens (tertiary/aromatic N) is 3. The van der Waals surface area contributed by atoms with Crippen molar-refractivity contribution in [2.75, 3.05) is 7.11 Å². The minimum atomic E-state index is 0.0298. The first kappa shape index (κ1) is 19.1. The molecule has 1 saturated carbocycles. The van der Waals surface area contributed by atoms with Crippen LogP contribution in [-0.4, -0.2) is 21.3 Å². The van der Waals surface area contributed by atoms with Crippen molar-refractivity contribution in [3.8, 4) is 17.1 Å². The van der Waals surface area contributed by atoms with Gasteiger partial charge in [0.05, 0.1) is 12.1 Å². The topological polar surface area (TPSA) is 48.5 Å². The van der Waals surface area contributed by atoms with E-state index in [4.69, 9.17) is 21.4 Å². The Hall–Kier alpha value is -2.27. The molecule has 2 aromatic heterocycles. The molecule has 6 heteroatoms. The maximum atomic E-state index is 13.6. The lowest BCUT2D eigenvalue weighted by Crippen LogP contribution is -2.26. The van der Waals surface area contributed by atoms with Crippen molar-refractivity contribution >= 4 is 17.1 Å². The van der Waals surface area contributed by atoms with E-state index in [0.29, 0.717) is 28.0 Å². The van der Waals surface area contributed by atoms with Crippen LogP contribution in [-0.2, 0) is 0 Å². The van der Waals surface area contributed by atoms with Crippen LogP contribution >= 0.6 is 11.6 Å². The normalized spacial score (nSPS) is 15.2. The summed E-state index contributed by atoms with van der Waals surface area (Å²) in [6.07, 6.45) is 2.97. The van der Waals surface area contributed by atoms with Gasteiger partial charge in [0.1, 0.15) is 11.3 Å². The van der Waals surface area contributed by atoms with Crippen molar-refractivity contribution in [3.63, 3.8) is 0 Å². The highest BCUT2D eigenvalue weighted by Crippen LogP contribution is 2.40. The summed E-state index contributed by atoms with van der Waals surface area (Å²) in [4.78, 5) is 13.6. The van der Waals surface area contributed by atoms with Gasteiger partial charge in [-0.25, -0.2) is 4.52 Å². The van der Waals surface area contributed by atoms with Crippen LogP contribution in [0.1, 0.15) is 61.9 Å². The molecule has 4 rings (SSSR count). The summed E-state index contributed by atoms with van der Waals surface area (Å²) in [7, 11) is 1.62. The second-order valence-electron chi connectivity index (χ2n) is 7.84. The molecule has 1 aliphatic carbocycles. The third-order valence-electron chi connectivity index (χ3n) is 5.80. The highest BCUT2D eigenvalue weighted by atomic mass is 35.5. The quantitative estimate of drug-likeness (QED) is 0.585. The van der Waals surface area contributed by atoms with Crippen LogP contribution in [0.25, 0.3) is 16.9 Å². The molecule has 1 aromatic carbocycles. The van der Waals surface area contributed by atoms with E-state index in [1.165, 1.54) is 0 Å². The molecule has 1 unspecified atom stereocenters. The summed E-state index contributed by atoms with van der Waals surface area (Å²) in [5.74, 6) is 1.64. The van der Waals surface area contributed by atoms with E-state index in [9.17, 15) is 4.79 Å². The number of methoxy groups -OCH3 is 1. The average molecular weight is 400 g/mol. The summed E-state index contributed by atoms with van der Waals surface area (Å²) in [5, 5.41) is 5.48. The van der Waals surface area contributed by atoms with Gasteiger partial charge in [-0.3, -0.25) is 9.36 Å². The van der Waals surface area contributed by atoms with Gasteiger partial charge in [-0.15, -0.1) is 5.10 Å². The molecule has 0 spiro atoms. The third kappa shape index (κ3) is 2.93. The van der Waals surface area contributed by atoms with Crippen LogP contribution in [0.15, 0.2) is 23.0 Å². The SMILES string of the molecule is CCC(C)c1cc(C)n2nc(-c3c(C)cc(OC)cc3Cl)n(C3CC3)c(=O)c12. The zero-order valence-electron chi connectivity index (χ0n) is 17.0. The summed E-state index contributed by atoms with van der Waals surface area (Å²) in [5.41, 5.74) is 4.51. The predicted octanol–water partition coefficient (Wildman–Crippen LogP) is 5.29. The zero-order valence-corrected chi connectivity index (χ0v) is 17.8. The minimum absolute atomic E-state index is 0.0298. The molecule has 0 saturated heterocycles. The van der Waals surface area contributed by atoms with E-state index in [1.54, 1.807) is 17.7 Å². The first-order valence-electron chi connectivity index (χ1n) is 9.86. The molecular weight excluding hydrogens is 374 g/mol. The van der Waals surface area contributed by atoms with Crippen molar-refractivity contribution in [2.45, 2.75) is 58.9 Å². The molecule has 3 aromatic rings. The van der Waals surface area contributed by atoms with Gasteiger partial charge in [0.15, 0.2) is 5.82 Å².